The molecular weight excluding hydrogens is 384 g/mol. The fourth-order valence-electron chi connectivity index (χ4n) is 2.75. The highest BCUT2D eigenvalue weighted by Gasteiger charge is 2.26. The molecule has 2 aromatic rings. The van der Waals surface area contributed by atoms with Gasteiger partial charge in [0, 0.05) is 12.6 Å². The van der Waals surface area contributed by atoms with Crippen molar-refractivity contribution in [1.29, 1.82) is 0 Å². The second-order valence-corrected chi connectivity index (χ2v) is 6.89. The van der Waals surface area contributed by atoms with Crippen LogP contribution in [0.15, 0.2) is 18.2 Å². The molecule has 1 aromatic heterocycles. The molecule has 9 heteroatoms. The Bertz CT molecular complexity index is 937. The van der Waals surface area contributed by atoms with Crippen LogP contribution in [0.5, 0.6) is 11.5 Å². The van der Waals surface area contributed by atoms with Crippen LogP contribution in [0.25, 0.3) is 0 Å². The van der Waals surface area contributed by atoms with E-state index in [0.29, 0.717) is 35.8 Å². The number of carbonyl (C=O) groups is 3. The zero-order valence-corrected chi connectivity index (χ0v) is 16.5. The summed E-state index contributed by atoms with van der Waals surface area (Å²) >= 11 is 1.01. The second-order valence-electron chi connectivity index (χ2n) is 5.87. The maximum Gasteiger partial charge on any atom is 0.348 e. The van der Waals surface area contributed by atoms with Crippen molar-refractivity contribution in [3.05, 3.63) is 39.8 Å². The van der Waals surface area contributed by atoms with Crippen LogP contribution in [-0.2, 0) is 4.74 Å². The molecule has 2 N–H and O–H groups in total. The third-order valence-electron chi connectivity index (χ3n) is 4.09. The lowest BCUT2D eigenvalue weighted by Gasteiger charge is -2.18. The molecule has 8 nitrogen and oxygen atoms in total. The van der Waals surface area contributed by atoms with Crippen molar-refractivity contribution in [3.63, 3.8) is 0 Å². The molecule has 3 rings (SSSR count). The first kappa shape index (κ1) is 19.7. The summed E-state index contributed by atoms with van der Waals surface area (Å²) in [4.78, 5) is 37.5. The van der Waals surface area contributed by atoms with E-state index < -0.39 is 17.8 Å². The predicted octanol–water partition coefficient (Wildman–Crippen LogP) is 2.62. The number of hydrogen-bond acceptors (Lipinski definition) is 7. The summed E-state index contributed by atoms with van der Waals surface area (Å²) in [5.74, 6) is -0.305. The van der Waals surface area contributed by atoms with Gasteiger partial charge in [0.1, 0.15) is 23.1 Å². The molecule has 0 saturated carbocycles. The number of fused-ring (bicyclic) bond motifs is 1. The van der Waals surface area contributed by atoms with E-state index in [2.05, 4.69) is 10.6 Å². The highest BCUT2D eigenvalue weighted by Crippen LogP contribution is 2.35. The molecular formula is C19H20N2O6S. The van der Waals surface area contributed by atoms with Crippen LogP contribution in [0, 0.1) is 6.92 Å². The van der Waals surface area contributed by atoms with E-state index in [-0.39, 0.29) is 22.0 Å². The zero-order chi connectivity index (χ0) is 20.3. The SMILES string of the molecule is CCOC(=O)c1sc(NC(=O)c2ccc3c(c2)OCCO3)c(C(=O)NC)c1C. The van der Waals surface area contributed by atoms with Crippen molar-refractivity contribution in [3.8, 4) is 11.5 Å². The van der Waals surface area contributed by atoms with Crippen molar-refractivity contribution >= 4 is 34.1 Å². The van der Waals surface area contributed by atoms with Gasteiger partial charge in [-0.1, -0.05) is 0 Å². The van der Waals surface area contributed by atoms with Crippen LogP contribution in [0.2, 0.25) is 0 Å². The van der Waals surface area contributed by atoms with E-state index in [1.165, 1.54) is 7.05 Å². The topological polar surface area (TPSA) is 103 Å². The Morgan fingerprint density at radius 1 is 1.14 bits per heavy atom. The van der Waals surface area contributed by atoms with Crippen molar-refractivity contribution in [1.82, 2.24) is 5.32 Å². The molecule has 28 heavy (non-hydrogen) atoms. The first-order valence-corrected chi connectivity index (χ1v) is 9.51. The van der Waals surface area contributed by atoms with Gasteiger partial charge in [0.25, 0.3) is 11.8 Å². The highest BCUT2D eigenvalue weighted by molar-refractivity contribution is 7.18. The Kier molecular flexibility index (Phi) is 5.84. The molecule has 0 fully saturated rings. The molecule has 2 heterocycles. The van der Waals surface area contributed by atoms with Crippen LogP contribution in [0.4, 0.5) is 5.00 Å². The van der Waals surface area contributed by atoms with Gasteiger partial charge < -0.3 is 24.8 Å². The van der Waals surface area contributed by atoms with Crippen LogP contribution >= 0.6 is 11.3 Å². The summed E-state index contributed by atoms with van der Waals surface area (Å²) in [6.07, 6.45) is 0. The molecule has 1 aliphatic heterocycles. The van der Waals surface area contributed by atoms with Gasteiger partial charge in [0.05, 0.1) is 12.2 Å². The second kappa shape index (κ2) is 8.30. The van der Waals surface area contributed by atoms with Gasteiger partial charge in [-0.05, 0) is 37.6 Å². The summed E-state index contributed by atoms with van der Waals surface area (Å²) in [5, 5.41) is 5.53. The lowest BCUT2D eigenvalue weighted by molar-refractivity contribution is 0.0531. The number of esters is 1. The third-order valence-corrected chi connectivity index (χ3v) is 5.28. The molecule has 0 radical (unpaired) electrons. The largest absolute Gasteiger partial charge is 0.486 e. The lowest BCUT2D eigenvalue weighted by atomic mass is 10.1. The number of benzene rings is 1. The average molecular weight is 404 g/mol. The molecule has 0 unspecified atom stereocenters. The van der Waals surface area contributed by atoms with Crippen LogP contribution < -0.4 is 20.1 Å². The van der Waals surface area contributed by atoms with Gasteiger partial charge in [0.2, 0.25) is 0 Å². The Hall–Kier alpha value is -3.07. The summed E-state index contributed by atoms with van der Waals surface area (Å²) in [5.41, 5.74) is 1.04. The molecule has 1 aromatic carbocycles. The van der Waals surface area contributed by atoms with Crippen LogP contribution in [-0.4, -0.2) is 44.7 Å². The number of carbonyl (C=O) groups excluding carboxylic acids is 3. The minimum atomic E-state index is -0.532. The van der Waals surface area contributed by atoms with E-state index in [1.54, 1.807) is 32.0 Å². The predicted molar refractivity (Wildman–Crippen MR) is 104 cm³/mol. The molecule has 0 bridgehead atoms. The molecule has 0 aliphatic carbocycles. The summed E-state index contributed by atoms with van der Waals surface area (Å²) < 4.78 is 16.0. The van der Waals surface area contributed by atoms with Crippen LogP contribution in [0.1, 0.15) is 42.9 Å². The Labute approximate surface area is 165 Å². The number of hydrogen-bond donors (Lipinski definition) is 2. The molecule has 0 spiro atoms. The van der Waals surface area contributed by atoms with Crippen molar-refractivity contribution in [2.24, 2.45) is 0 Å². The number of anilines is 1. The van der Waals surface area contributed by atoms with Crippen molar-refractivity contribution in [2.45, 2.75) is 13.8 Å². The first-order valence-electron chi connectivity index (χ1n) is 8.69. The fraction of sp³-hybridized carbons (Fsp3) is 0.316. The maximum atomic E-state index is 12.7. The Balaban J connectivity index is 1.92. The number of nitrogens with one attached hydrogen (secondary N) is 2. The quantitative estimate of drug-likeness (QED) is 0.743. The fourth-order valence-corrected chi connectivity index (χ4v) is 3.84. The Morgan fingerprint density at radius 3 is 2.54 bits per heavy atom. The molecule has 148 valence electrons. The number of rotatable bonds is 5. The van der Waals surface area contributed by atoms with Crippen molar-refractivity contribution < 1.29 is 28.6 Å². The summed E-state index contributed by atoms with van der Waals surface area (Å²) in [6.45, 7) is 4.42. The smallest absolute Gasteiger partial charge is 0.348 e. The van der Waals surface area contributed by atoms with E-state index in [0.717, 1.165) is 11.3 Å². The monoisotopic (exact) mass is 404 g/mol. The highest BCUT2D eigenvalue weighted by atomic mass is 32.1. The molecule has 2 amide bonds. The molecule has 0 atom stereocenters. The van der Waals surface area contributed by atoms with Crippen LogP contribution in [0.3, 0.4) is 0 Å². The minimum Gasteiger partial charge on any atom is -0.486 e. The molecule has 0 saturated heterocycles. The first-order chi connectivity index (χ1) is 13.5. The molecule has 1 aliphatic rings. The normalized spacial score (nSPS) is 12.2. The zero-order valence-electron chi connectivity index (χ0n) is 15.7. The average Bonchev–Trinajstić information content (AvgIpc) is 3.03. The summed E-state index contributed by atoms with van der Waals surface area (Å²) in [7, 11) is 1.48. The maximum absolute atomic E-state index is 12.7. The third kappa shape index (κ3) is 3.79. The van der Waals surface area contributed by atoms with E-state index in [4.69, 9.17) is 14.2 Å². The number of amides is 2. The van der Waals surface area contributed by atoms with Gasteiger partial charge in [-0.3, -0.25) is 9.59 Å². The number of ether oxygens (including phenoxy) is 3. The lowest BCUT2D eigenvalue weighted by Crippen LogP contribution is -2.21. The number of thiophene rings is 1. The van der Waals surface area contributed by atoms with Gasteiger partial charge in [0.15, 0.2) is 11.5 Å². The van der Waals surface area contributed by atoms with E-state index in [1.807, 2.05) is 0 Å². The van der Waals surface area contributed by atoms with Gasteiger partial charge in [-0.15, -0.1) is 11.3 Å². The van der Waals surface area contributed by atoms with Gasteiger partial charge in [-0.2, -0.15) is 0 Å². The van der Waals surface area contributed by atoms with Gasteiger partial charge in [-0.25, -0.2) is 4.79 Å². The standard InChI is InChI=1S/C19H20N2O6S/c1-4-25-19(24)15-10(2)14(17(23)20-3)18(28-15)21-16(22)11-5-6-12-13(9-11)27-8-7-26-12/h5-6,9H,4,7-8H2,1-3H3,(H,20,23)(H,21,22). The van der Waals surface area contributed by atoms with Gasteiger partial charge >= 0.3 is 5.97 Å². The van der Waals surface area contributed by atoms with Crippen molar-refractivity contribution in [2.75, 3.05) is 32.2 Å². The summed E-state index contributed by atoms with van der Waals surface area (Å²) in [6, 6.07) is 4.85. The van der Waals surface area contributed by atoms with E-state index >= 15 is 0 Å². The van der Waals surface area contributed by atoms with E-state index in [9.17, 15) is 14.4 Å². The Morgan fingerprint density at radius 2 is 1.86 bits per heavy atom. The minimum absolute atomic E-state index is 0.213.